The van der Waals surface area contributed by atoms with Crippen LogP contribution in [-0.2, 0) is 12.8 Å². The topological polar surface area (TPSA) is 25.8 Å². The Morgan fingerprint density at radius 1 is 1.38 bits per heavy atom. The van der Waals surface area contributed by atoms with Gasteiger partial charge in [0.15, 0.2) is 0 Å². The van der Waals surface area contributed by atoms with E-state index in [0.717, 1.165) is 29.9 Å². The fourth-order valence-electron chi connectivity index (χ4n) is 1.67. The van der Waals surface area contributed by atoms with Gasteiger partial charge in [0.05, 0.1) is 0 Å². The summed E-state index contributed by atoms with van der Waals surface area (Å²) in [6, 6.07) is 4.12. The maximum Gasteiger partial charge on any atom is 0.136 e. The summed E-state index contributed by atoms with van der Waals surface area (Å²) in [5.74, 6) is 0.808. The number of rotatable bonds is 3. The Morgan fingerprint density at radius 3 is 2.75 bits per heavy atom. The minimum Gasteiger partial charge on any atom is -0.237 e. The van der Waals surface area contributed by atoms with Crippen molar-refractivity contribution < 1.29 is 0 Å². The Hall–Kier alpha value is -0.930. The highest BCUT2D eigenvalue weighted by Gasteiger charge is 2.08. The highest BCUT2D eigenvalue weighted by Crippen LogP contribution is 2.19. The zero-order valence-electron chi connectivity index (χ0n) is 9.33. The van der Waals surface area contributed by atoms with Gasteiger partial charge < -0.3 is 0 Å². The minimum absolute atomic E-state index is 0.599. The lowest BCUT2D eigenvalue weighted by molar-refractivity contribution is 0.911. The van der Waals surface area contributed by atoms with Crippen LogP contribution in [-0.4, -0.2) is 9.97 Å². The molecule has 0 aliphatic rings. The second-order valence-electron chi connectivity index (χ2n) is 3.60. The average molecular weight is 253 g/mol. The Labute approximate surface area is 104 Å². The molecule has 0 unspecified atom stereocenters. The maximum absolute atomic E-state index is 6.13. The number of aryl methyl sites for hydroxylation is 1. The molecule has 16 heavy (non-hydrogen) atoms. The van der Waals surface area contributed by atoms with Crippen LogP contribution in [0.2, 0.25) is 5.15 Å². The van der Waals surface area contributed by atoms with E-state index < -0.39 is 0 Å². The molecule has 0 atom stereocenters. The molecule has 2 aromatic heterocycles. The Balaban J connectivity index is 2.30. The fraction of sp³-hybridized carbons (Fsp3) is 0.333. The molecular weight excluding hydrogens is 240 g/mol. The molecule has 0 radical (unpaired) electrons. The van der Waals surface area contributed by atoms with Crippen LogP contribution in [0.25, 0.3) is 0 Å². The summed E-state index contributed by atoms with van der Waals surface area (Å²) in [6.07, 6.45) is 1.65. The van der Waals surface area contributed by atoms with Crippen molar-refractivity contribution in [2.75, 3.05) is 0 Å². The number of hydrogen-bond acceptors (Lipinski definition) is 3. The van der Waals surface area contributed by atoms with Gasteiger partial charge in [-0.25, -0.2) is 9.97 Å². The van der Waals surface area contributed by atoms with E-state index >= 15 is 0 Å². The molecule has 2 nitrogen and oxygen atoms in total. The number of hydrogen-bond donors (Lipinski definition) is 0. The van der Waals surface area contributed by atoms with Crippen molar-refractivity contribution in [3.8, 4) is 0 Å². The molecule has 0 saturated carbocycles. The molecule has 0 aliphatic carbocycles. The van der Waals surface area contributed by atoms with E-state index in [1.165, 1.54) is 4.88 Å². The summed E-state index contributed by atoms with van der Waals surface area (Å²) in [4.78, 5) is 10.1. The van der Waals surface area contributed by atoms with Crippen molar-refractivity contribution in [3.63, 3.8) is 0 Å². The van der Waals surface area contributed by atoms with E-state index in [1.54, 1.807) is 11.3 Å². The van der Waals surface area contributed by atoms with Gasteiger partial charge in [0.1, 0.15) is 11.0 Å². The van der Waals surface area contributed by atoms with Crippen molar-refractivity contribution in [2.24, 2.45) is 0 Å². The molecule has 84 valence electrons. The number of aromatic nitrogens is 2. The third-order valence-corrected chi connectivity index (χ3v) is 3.66. The van der Waals surface area contributed by atoms with Gasteiger partial charge in [0, 0.05) is 22.6 Å². The Morgan fingerprint density at radius 2 is 2.19 bits per heavy atom. The highest BCUT2D eigenvalue weighted by molar-refractivity contribution is 7.09. The van der Waals surface area contributed by atoms with Crippen LogP contribution in [0, 0.1) is 6.92 Å². The van der Waals surface area contributed by atoms with E-state index in [-0.39, 0.29) is 0 Å². The standard InChI is InChI=1S/C12H13ClN2S/c1-3-10-8(2)14-11(15-12(10)13)7-9-5-4-6-16-9/h4-6H,3,7H2,1-2H3. The van der Waals surface area contributed by atoms with Gasteiger partial charge in [-0.1, -0.05) is 24.6 Å². The van der Waals surface area contributed by atoms with E-state index in [4.69, 9.17) is 11.6 Å². The largest absolute Gasteiger partial charge is 0.237 e. The summed E-state index contributed by atoms with van der Waals surface area (Å²) >= 11 is 7.84. The van der Waals surface area contributed by atoms with Crippen molar-refractivity contribution in [3.05, 3.63) is 44.6 Å². The van der Waals surface area contributed by atoms with Crippen LogP contribution in [0.15, 0.2) is 17.5 Å². The van der Waals surface area contributed by atoms with Gasteiger partial charge in [0.25, 0.3) is 0 Å². The van der Waals surface area contributed by atoms with Gasteiger partial charge in [0.2, 0.25) is 0 Å². The Bertz CT molecular complexity index is 457. The fourth-order valence-corrected chi connectivity index (χ4v) is 2.74. The van der Waals surface area contributed by atoms with Crippen molar-refractivity contribution in [2.45, 2.75) is 26.7 Å². The van der Waals surface area contributed by atoms with Crippen molar-refractivity contribution >= 4 is 22.9 Å². The normalized spacial score (nSPS) is 10.7. The molecular formula is C12H13ClN2S. The quantitative estimate of drug-likeness (QED) is 0.780. The third kappa shape index (κ3) is 2.42. The number of halogens is 1. The smallest absolute Gasteiger partial charge is 0.136 e. The van der Waals surface area contributed by atoms with Crippen LogP contribution in [0.5, 0.6) is 0 Å². The molecule has 0 aliphatic heterocycles. The number of nitrogens with zero attached hydrogens (tertiary/aromatic N) is 2. The summed E-state index contributed by atoms with van der Waals surface area (Å²) in [5.41, 5.74) is 2.05. The minimum atomic E-state index is 0.599. The van der Waals surface area contributed by atoms with E-state index in [9.17, 15) is 0 Å². The van der Waals surface area contributed by atoms with E-state index in [0.29, 0.717) is 5.15 Å². The summed E-state index contributed by atoms with van der Waals surface area (Å²) in [7, 11) is 0. The molecule has 2 heterocycles. The van der Waals surface area contributed by atoms with Gasteiger partial charge >= 0.3 is 0 Å². The maximum atomic E-state index is 6.13. The lowest BCUT2D eigenvalue weighted by Gasteiger charge is -2.06. The highest BCUT2D eigenvalue weighted by atomic mass is 35.5. The lowest BCUT2D eigenvalue weighted by Crippen LogP contribution is -2.02. The first-order valence-electron chi connectivity index (χ1n) is 5.25. The second-order valence-corrected chi connectivity index (χ2v) is 4.99. The first kappa shape index (κ1) is 11.6. The Kier molecular flexibility index (Phi) is 3.56. The summed E-state index contributed by atoms with van der Waals surface area (Å²) in [5, 5.41) is 2.66. The average Bonchev–Trinajstić information content (AvgIpc) is 2.70. The van der Waals surface area contributed by atoms with Gasteiger partial charge in [-0.05, 0) is 24.8 Å². The van der Waals surface area contributed by atoms with Crippen LogP contribution in [0.3, 0.4) is 0 Å². The molecule has 0 saturated heterocycles. The molecule has 0 spiro atoms. The van der Waals surface area contributed by atoms with Crippen LogP contribution >= 0.6 is 22.9 Å². The SMILES string of the molecule is CCc1c(C)nc(Cc2cccs2)nc1Cl. The van der Waals surface area contributed by atoms with Gasteiger partial charge in [-0.2, -0.15) is 0 Å². The lowest BCUT2D eigenvalue weighted by atomic mass is 10.2. The van der Waals surface area contributed by atoms with Crippen molar-refractivity contribution in [1.29, 1.82) is 0 Å². The monoisotopic (exact) mass is 252 g/mol. The van der Waals surface area contributed by atoms with Gasteiger partial charge in [-0.15, -0.1) is 11.3 Å². The van der Waals surface area contributed by atoms with E-state index in [2.05, 4.69) is 28.3 Å². The zero-order chi connectivity index (χ0) is 11.5. The zero-order valence-corrected chi connectivity index (χ0v) is 10.9. The molecule has 4 heteroatoms. The molecule has 0 bridgehead atoms. The molecule has 0 N–H and O–H groups in total. The first-order chi connectivity index (χ1) is 7.70. The molecule has 0 fully saturated rings. The van der Waals surface area contributed by atoms with E-state index in [1.807, 2.05) is 13.0 Å². The van der Waals surface area contributed by atoms with Crippen LogP contribution in [0.1, 0.15) is 28.9 Å². The van der Waals surface area contributed by atoms with Crippen LogP contribution < -0.4 is 0 Å². The molecule has 0 amide bonds. The molecule has 0 aromatic carbocycles. The summed E-state index contributed by atoms with van der Waals surface area (Å²) < 4.78 is 0. The predicted octanol–water partition coefficient (Wildman–Crippen LogP) is 3.65. The summed E-state index contributed by atoms with van der Waals surface area (Å²) in [6.45, 7) is 4.06. The van der Waals surface area contributed by atoms with Crippen LogP contribution in [0.4, 0.5) is 0 Å². The molecule has 2 rings (SSSR count). The van der Waals surface area contributed by atoms with Gasteiger partial charge in [-0.3, -0.25) is 0 Å². The first-order valence-corrected chi connectivity index (χ1v) is 6.50. The molecule has 2 aromatic rings. The van der Waals surface area contributed by atoms with Crippen molar-refractivity contribution in [1.82, 2.24) is 9.97 Å². The number of thiophene rings is 1. The second kappa shape index (κ2) is 4.93. The third-order valence-electron chi connectivity index (χ3n) is 2.48. The predicted molar refractivity (Wildman–Crippen MR) is 68.3 cm³/mol.